The molecule has 1 N–H and O–H groups in total. The average Bonchev–Trinajstić information content (AvgIpc) is 2.86. The summed E-state index contributed by atoms with van der Waals surface area (Å²) in [4.78, 5) is 39.0. The van der Waals surface area contributed by atoms with Gasteiger partial charge in [-0.05, 0) is 53.6 Å². The molecule has 1 saturated heterocycles. The molecule has 0 spiro atoms. The van der Waals surface area contributed by atoms with Crippen molar-refractivity contribution in [3.8, 4) is 23.8 Å². The number of nitrogens with zero attached hydrogens (tertiary/aromatic N) is 1. The molecule has 9 heteroatoms. The van der Waals surface area contributed by atoms with Gasteiger partial charge in [0.25, 0.3) is 11.8 Å². The molecule has 7 nitrogen and oxygen atoms in total. The minimum Gasteiger partial charge on any atom is -0.489 e. The van der Waals surface area contributed by atoms with Crippen LogP contribution >= 0.6 is 23.2 Å². The number of carbonyl (C=O) groups excluding carboxylic acids is 3. The van der Waals surface area contributed by atoms with Gasteiger partial charge < -0.3 is 9.47 Å². The second-order valence-electron chi connectivity index (χ2n) is 7.53. The van der Waals surface area contributed by atoms with Crippen LogP contribution in [0.3, 0.4) is 0 Å². The van der Waals surface area contributed by atoms with Crippen LogP contribution < -0.4 is 19.7 Å². The van der Waals surface area contributed by atoms with Crippen LogP contribution in [-0.4, -0.2) is 24.5 Å². The lowest BCUT2D eigenvalue weighted by atomic mass is 10.1. The number of barbiturate groups is 1. The van der Waals surface area contributed by atoms with Crippen LogP contribution in [0, 0.1) is 12.3 Å². The Kier molecular flexibility index (Phi) is 7.59. The zero-order chi connectivity index (χ0) is 25.7. The van der Waals surface area contributed by atoms with Gasteiger partial charge in [0.1, 0.15) is 24.5 Å². The summed E-state index contributed by atoms with van der Waals surface area (Å²) in [6, 6.07) is 18.1. The van der Waals surface area contributed by atoms with E-state index in [4.69, 9.17) is 39.1 Å². The Hall–Kier alpha value is -4.25. The van der Waals surface area contributed by atoms with Gasteiger partial charge in [-0.1, -0.05) is 59.5 Å². The Morgan fingerprint density at radius 1 is 0.944 bits per heavy atom. The van der Waals surface area contributed by atoms with E-state index >= 15 is 0 Å². The van der Waals surface area contributed by atoms with Crippen molar-refractivity contribution in [3.05, 3.63) is 93.5 Å². The third-order valence-electron chi connectivity index (χ3n) is 5.08. The van der Waals surface area contributed by atoms with Crippen LogP contribution in [0.5, 0.6) is 11.5 Å². The van der Waals surface area contributed by atoms with Crippen LogP contribution in [-0.2, 0) is 16.2 Å². The molecule has 1 fully saturated rings. The van der Waals surface area contributed by atoms with Crippen molar-refractivity contribution in [2.45, 2.75) is 6.61 Å². The number of carbonyl (C=O) groups is 3. The van der Waals surface area contributed by atoms with E-state index in [1.165, 1.54) is 18.2 Å². The lowest BCUT2D eigenvalue weighted by molar-refractivity contribution is -0.122. The molecule has 0 aliphatic carbocycles. The standard InChI is InChI=1S/C27H18Cl2N2O5/c1-2-12-35-24-22(28)14-18(15-23(24)29)13-21-25(32)30-27(34)31(26(21)33)19-8-10-20(11-9-19)36-16-17-6-4-3-5-7-17/h1,3-11,13-15H,12,16H2,(H,30,32,34)/b21-13+. The molecule has 4 rings (SSSR count). The van der Waals surface area contributed by atoms with Crippen molar-refractivity contribution in [2.24, 2.45) is 0 Å². The summed E-state index contributed by atoms with van der Waals surface area (Å²) in [5, 5.41) is 2.46. The summed E-state index contributed by atoms with van der Waals surface area (Å²) in [6.45, 7) is 0.330. The molecule has 4 amide bonds. The van der Waals surface area contributed by atoms with Gasteiger partial charge in [0.2, 0.25) is 0 Å². The topological polar surface area (TPSA) is 84.9 Å². The number of halogens is 2. The molecule has 36 heavy (non-hydrogen) atoms. The van der Waals surface area contributed by atoms with Gasteiger partial charge in [-0.3, -0.25) is 14.9 Å². The fraction of sp³-hybridized carbons (Fsp3) is 0.0741. The molecule has 1 aliphatic heterocycles. The highest BCUT2D eigenvalue weighted by Gasteiger charge is 2.36. The largest absolute Gasteiger partial charge is 0.489 e. The summed E-state index contributed by atoms with van der Waals surface area (Å²) >= 11 is 12.4. The van der Waals surface area contributed by atoms with Crippen LogP contribution in [0.15, 0.2) is 72.3 Å². The van der Waals surface area contributed by atoms with E-state index in [2.05, 4.69) is 11.2 Å². The molecule has 0 saturated carbocycles. The number of benzene rings is 3. The number of hydrogen-bond acceptors (Lipinski definition) is 5. The fourth-order valence-electron chi connectivity index (χ4n) is 3.41. The summed E-state index contributed by atoms with van der Waals surface area (Å²) in [5.74, 6) is 1.40. The molecule has 1 aliphatic rings. The first-order chi connectivity index (χ1) is 17.4. The highest BCUT2D eigenvalue weighted by molar-refractivity contribution is 6.40. The Bertz CT molecular complexity index is 1370. The smallest absolute Gasteiger partial charge is 0.335 e. The van der Waals surface area contributed by atoms with E-state index in [-0.39, 0.29) is 33.7 Å². The van der Waals surface area contributed by atoms with Gasteiger partial charge in [0.05, 0.1) is 15.7 Å². The van der Waals surface area contributed by atoms with Crippen molar-refractivity contribution in [3.63, 3.8) is 0 Å². The maximum Gasteiger partial charge on any atom is 0.335 e. The van der Waals surface area contributed by atoms with E-state index in [9.17, 15) is 14.4 Å². The number of rotatable bonds is 7. The first kappa shape index (κ1) is 24.9. The lowest BCUT2D eigenvalue weighted by Crippen LogP contribution is -2.54. The molecular formula is C27H18Cl2N2O5. The van der Waals surface area contributed by atoms with Crippen LogP contribution in [0.2, 0.25) is 10.0 Å². The van der Waals surface area contributed by atoms with Crippen LogP contribution in [0.25, 0.3) is 6.08 Å². The van der Waals surface area contributed by atoms with Crippen molar-refractivity contribution < 1.29 is 23.9 Å². The minimum absolute atomic E-state index is 0.0338. The second kappa shape index (κ2) is 11.0. The number of ether oxygens (including phenoxy) is 2. The van der Waals surface area contributed by atoms with E-state index in [0.29, 0.717) is 17.9 Å². The van der Waals surface area contributed by atoms with Crippen molar-refractivity contribution in [1.82, 2.24) is 5.32 Å². The van der Waals surface area contributed by atoms with Gasteiger partial charge in [-0.25, -0.2) is 9.69 Å². The van der Waals surface area contributed by atoms with Gasteiger partial charge in [-0.15, -0.1) is 6.42 Å². The van der Waals surface area contributed by atoms with E-state index in [0.717, 1.165) is 10.5 Å². The number of anilines is 1. The van der Waals surface area contributed by atoms with Gasteiger partial charge in [0.15, 0.2) is 5.75 Å². The Morgan fingerprint density at radius 2 is 1.61 bits per heavy atom. The highest BCUT2D eigenvalue weighted by atomic mass is 35.5. The number of nitrogens with one attached hydrogen (secondary N) is 1. The summed E-state index contributed by atoms with van der Waals surface area (Å²) < 4.78 is 11.1. The molecule has 3 aromatic rings. The van der Waals surface area contributed by atoms with Crippen LogP contribution in [0.1, 0.15) is 11.1 Å². The first-order valence-corrected chi connectivity index (χ1v) is 11.4. The average molecular weight is 521 g/mol. The first-order valence-electron chi connectivity index (χ1n) is 10.6. The number of terminal acetylenes is 1. The molecule has 0 bridgehead atoms. The molecule has 0 unspecified atom stereocenters. The Balaban J connectivity index is 1.55. The number of urea groups is 1. The molecule has 0 atom stereocenters. The predicted octanol–water partition coefficient (Wildman–Crippen LogP) is 5.25. The molecule has 180 valence electrons. The minimum atomic E-state index is -0.866. The zero-order valence-electron chi connectivity index (χ0n) is 18.7. The SMILES string of the molecule is C#CCOc1c(Cl)cc(/C=C2\C(=O)NC(=O)N(c3ccc(OCc4ccccc4)cc3)C2=O)cc1Cl. The number of hydrogen-bond donors (Lipinski definition) is 1. The van der Waals surface area contributed by atoms with Gasteiger partial charge in [0, 0.05) is 0 Å². The van der Waals surface area contributed by atoms with Crippen molar-refractivity contribution in [1.29, 1.82) is 0 Å². The van der Waals surface area contributed by atoms with E-state index < -0.39 is 17.8 Å². The Morgan fingerprint density at radius 3 is 2.25 bits per heavy atom. The summed E-state index contributed by atoms with van der Waals surface area (Å²) in [7, 11) is 0. The van der Waals surface area contributed by atoms with Gasteiger partial charge in [-0.2, -0.15) is 0 Å². The Labute approximate surface area is 217 Å². The number of imide groups is 2. The third-order valence-corrected chi connectivity index (χ3v) is 5.64. The normalized spacial score (nSPS) is 14.4. The molecule has 1 heterocycles. The van der Waals surface area contributed by atoms with Crippen LogP contribution in [0.4, 0.5) is 10.5 Å². The van der Waals surface area contributed by atoms with Crippen molar-refractivity contribution >= 4 is 52.8 Å². The molecular weight excluding hydrogens is 503 g/mol. The third kappa shape index (κ3) is 5.52. The van der Waals surface area contributed by atoms with E-state index in [1.807, 2.05) is 30.3 Å². The summed E-state index contributed by atoms with van der Waals surface area (Å²) in [5.41, 5.74) is 1.34. The number of amides is 4. The maximum atomic E-state index is 13.2. The summed E-state index contributed by atoms with van der Waals surface area (Å²) in [6.07, 6.45) is 6.48. The zero-order valence-corrected chi connectivity index (χ0v) is 20.2. The van der Waals surface area contributed by atoms with Crippen molar-refractivity contribution in [2.75, 3.05) is 11.5 Å². The maximum absolute atomic E-state index is 13.2. The second-order valence-corrected chi connectivity index (χ2v) is 8.35. The molecule has 0 aromatic heterocycles. The fourth-order valence-corrected chi connectivity index (χ4v) is 4.02. The predicted molar refractivity (Wildman–Crippen MR) is 137 cm³/mol. The monoisotopic (exact) mass is 520 g/mol. The molecule has 3 aromatic carbocycles. The lowest BCUT2D eigenvalue weighted by Gasteiger charge is -2.26. The highest BCUT2D eigenvalue weighted by Crippen LogP contribution is 2.35. The quantitative estimate of drug-likeness (QED) is 0.261. The molecule has 0 radical (unpaired) electrons. The van der Waals surface area contributed by atoms with Gasteiger partial charge >= 0.3 is 6.03 Å². The van der Waals surface area contributed by atoms with E-state index in [1.54, 1.807) is 24.3 Å².